The Morgan fingerprint density at radius 2 is 1.64 bits per heavy atom. The van der Waals surface area contributed by atoms with Gasteiger partial charge in [-0.15, -0.1) is 0 Å². The molecule has 0 radical (unpaired) electrons. The molecule has 0 aromatic carbocycles. The van der Waals surface area contributed by atoms with Crippen molar-refractivity contribution < 1.29 is 9.59 Å². The smallest absolute Gasteiger partial charge is 0.235 e. The van der Waals surface area contributed by atoms with E-state index in [2.05, 4.69) is 5.32 Å². The zero-order valence-electron chi connectivity index (χ0n) is 14.4. The number of amides is 2. The third-order valence-electron chi connectivity index (χ3n) is 4.53. The molecule has 0 spiro atoms. The lowest BCUT2D eigenvalue weighted by atomic mass is 9.85. The van der Waals surface area contributed by atoms with Crippen LogP contribution in [0.2, 0.25) is 0 Å². The molecule has 1 rings (SSSR count). The zero-order valence-corrected chi connectivity index (χ0v) is 16.1. The summed E-state index contributed by atoms with van der Waals surface area (Å²) in [4.78, 5) is 25.9. The number of rotatable bonds is 7. The second kappa shape index (κ2) is 9.71. The molecule has 0 aliphatic heterocycles. The Balaban J connectivity index is 2.33. The Bertz CT molecular complexity index is 371. The molecule has 0 aromatic heterocycles. The zero-order chi connectivity index (χ0) is 16.7. The van der Waals surface area contributed by atoms with Gasteiger partial charge in [0, 0.05) is 19.6 Å². The SMILES string of the molecule is CS[C@@H](C)C(=O)N(C)CC1CCC(NC(=O)[C@@H](C)SC)CC1. The van der Waals surface area contributed by atoms with Crippen molar-refractivity contribution in [3.63, 3.8) is 0 Å². The van der Waals surface area contributed by atoms with Crippen LogP contribution >= 0.6 is 23.5 Å². The van der Waals surface area contributed by atoms with Crippen LogP contribution in [-0.4, -0.2) is 59.4 Å². The van der Waals surface area contributed by atoms with Crippen LogP contribution in [0.25, 0.3) is 0 Å². The van der Waals surface area contributed by atoms with E-state index in [-0.39, 0.29) is 22.3 Å². The summed E-state index contributed by atoms with van der Waals surface area (Å²) in [7, 11) is 1.91. The molecule has 1 fully saturated rings. The van der Waals surface area contributed by atoms with Crippen LogP contribution in [0.3, 0.4) is 0 Å². The lowest BCUT2D eigenvalue weighted by Crippen LogP contribution is -2.43. The predicted octanol–water partition coefficient (Wildman–Crippen LogP) is 2.62. The van der Waals surface area contributed by atoms with E-state index in [0.717, 1.165) is 32.2 Å². The normalized spacial score (nSPS) is 24.4. The first kappa shape index (κ1) is 19.7. The molecular formula is C16H30N2O2S2. The van der Waals surface area contributed by atoms with Crippen molar-refractivity contribution in [1.82, 2.24) is 10.2 Å². The van der Waals surface area contributed by atoms with E-state index in [1.807, 2.05) is 38.3 Å². The van der Waals surface area contributed by atoms with Crippen molar-refractivity contribution >= 4 is 35.3 Å². The number of thioether (sulfide) groups is 2. The number of nitrogens with zero attached hydrogens (tertiary/aromatic N) is 1. The monoisotopic (exact) mass is 346 g/mol. The summed E-state index contributed by atoms with van der Waals surface area (Å²) in [6, 6.07) is 0.310. The van der Waals surface area contributed by atoms with Crippen LogP contribution < -0.4 is 5.32 Å². The first-order valence-electron chi connectivity index (χ1n) is 8.00. The van der Waals surface area contributed by atoms with Crippen molar-refractivity contribution in [2.45, 2.75) is 56.1 Å². The Morgan fingerprint density at radius 3 is 2.14 bits per heavy atom. The Morgan fingerprint density at radius 1 is 1.09 bits per heavy atom. The van der Waals surface area contributed by atoms with Crippen molar-refractivity contribution in [2.24, 2.45) is 5.92 Å². The molecule has 0 bridgehead atoms. The third-order valence-corrected chi connectivity index (χ3v) is 6.36. The molecule has 0 unspecified atom stereocenters. The summed E-state index contributed by atoms with van der Waals surface area (Å²) in [6.07, 6.45) is 8.16. The summed E-state index contributed by atoms with van der Waals surface area (Å²) in [6.45, 7) is 4.74. The quantitative estimate of drug-likeness (QED) is 0.770. The summed E-state index contributed by atoms with van der Waals surface area (Å²) in [5.41, 5.74) is 0. The maximum Gasteiger partial charge on any atom is 0.235 e. The largest absolute Gasteiger partial charge is 0.352 e. The van der Waals surface area contributed by atoms with E-state index in [9.17, 15) is 9.59 Å². The van der Waals surface area contributed by atoms with Gasteiger partial charge in [-0.3, -0.25) is 9.59 Å². The molecule has 6 heteroatoms. The van der Waals surface area contributed by atoms with Gasteiger partial charge < -0.3 is 10.2 Å². The third kappa shape index (κ3) is 6.03. The molecule has 1 aliphatic rings. The van der Waals surface area contributed by atoms with Crippen molar-refractivity contribution in [3.8, 4) is 0 Å². The molecule has 2 atom stereocenters. The lowest BCUT2D eigenvalue weighted by molar-refractivity contribution is -0.129. The maximum absolute atomic E-state index is 12.1. The highest BCUT2D eigenvalue weighted by Gasteiger charge is 2.26. The molecule has 22 heavy (non-hydrogen) atoms. The standard InChI is InChI=1S/C16H30N2O2S2/c1-11(21-4)15(19)17-14-8-6-13(7-9-14)10-18(3)16(20)12(2)22-5/h11-14H,6-10H2,1-5H3,(H,17,19)/t11-,12+,13?,14?/m1/s1. The molecule has 1 N–H and O–H groups in total. The molecule has 2 amide bonds. The summed E-state index contributed by atoms with van der Waals surface area (Å²) in [5, 5.41) is 3.21. The highest BCUT2D eigenvalue weighted by Crippen LogP contribution is 2.25. The average Bonchev–Trinajstić information content (AvgIpc) is 2.54. The molecule has 0 heterocycles. The predicted molar refractivity (Wildman–Crippen MR) is 97.5 cm³/mol. The van der Waals surface area contributed by atoms with Gasteiger partial charge in [-0.25, -0.2) is 0 Å². The van der Waals surface area contributed by atoms with E-state index < -0.39 is 0 Å². The number of nitrogens with one attached hydrogen (secondary N) is 1. The van der Waals surface area contributed by atoms with Crippen molar-refractivity contribution in [2.75, 3.05) is 26.1 Å². The van der Waals surface area contributed by atoms with Crippen LogP contribution in [0, 0.1) is 5.92 Å². The summed E-state index contributed by atoms with van der Waals surface area (Å²) < 4.78 is 0. The van der Waals surface area contributed by atoms with E-state index in [1.165, 1.54) is 0 Å². The van der Waals surface area contributed by atoms with E-state index >= 15 is 0 Å². The highest BCUT2D eigenvalue weighted by molar-refractivity contribution is 8.00. The van der Waals surface area contributed by atoms with E-state index in [1.54, 1.807) is 23.5 Å². The van der Waals surface area contributed by atoms with Gasteiger partial charge in [0.15, 0.2) is 0 Å². The molecule has 1 saturated carbocycles. The number of carbonyl (C=O) groups is 2. The average molecular weight is 347 g/mol. The van der Waals surface area contributed by atoms with Gasteiger partial charge in [0.1, 0.15) is 0 Å². The van der Waals surface area contributed by atoms with Crippen molar-refractivity contribution in [3.05, 3.63) is 0 Å². The molecule has 1 aliphatic carbocycles. The number of hydrogen-bond donors (Lipinski definition) is 1. The molecule has 0 aromatic rings. The van der Waals surface area contributed by atoms with Gasteiger partial charge in [-0.1, -0.05) is 0 Å². The van der Waals surface area contributed by atoms with E-state index in [4.69, 9.17) is 0 Å². The van der Waals surface area contributed by atoms with Gasteiger partial charge in [0.2, 0.25) is 11.8 Å². The molecule has 128 valence electrons. The van der Waals surface area contributed by atoms with Crippen molar-refractivity contribution in [1.29, 1.82) is 0 Å². The van der Waals surface area contributed by atoms with Gasteiger partial charge in [0.05, 0.1) is 10.5 Å². The maximum atomic E-state index is 12.1. The minimum atomic E-state index is 0.0227. The number of hydrogen-bond acceptors (Lipinski definition) is 4. The lowest BCUT2D eigenvalue weighted by Gasteiger charge is -2.32. The first-order valence-corrected chi connectivity index (χ1v) is 10.6. The van der Waals surface area contributed by atoms with Gasteiger partial charge in [-0.05, 0) is 58.0 Å². The Hall–Kier alpha value is -0.360. The van der Waals surface area contributed by atoms with Crippen LogP contribution in [0.5, 0.6) is 0 Å². The fourth-order valence-corrected chi connectivity index (χ4v) is 3.47. The summed E-state index contributed by atoms with van der Waals surface area (Å²) >= 11 is 3.17. The number of carbonyl (C=O) groups excluding carboxylic acids is 2. The van der Waals surface area contributed by atoms with Gasteiger partial charge in [0.25, 0.3) is 0 Å². The highest BCUT2D eigenvalue weighted by atomic mass is 32.2. The first-order chi connectivity index (χ1) is 10.4. The van der Waals surface area contributed by atoms with Gasteiger partial charge >= 0.3 is 0 Å². The van der Waals surface area contributed by atoms with E-state index in [0.29, 0.717) is 12.0 Å². The molecule has 0 saturated heterocycles. The second-order valence-electron chi connectivity index (χ2n) is 6.20. The van der Waals surface area contributed by atoms with Gasteiger partial charge in [-0.2, -0.15) is 23.5 Å². The minimum Gasteiger partial charge on any atom is -0.352 e. The fourth-order valence-electron chi connectivity index (χ4n) is 2.80. The van der Waals surface area contributed by atoms with Crippen LogP contribution in [0.4, 0.5) is 0 Å². The minimum absolute atomic E-state index is 0.0227. The Kier molecular flexibility index (Phi) is 8.69. The van der Waals surface area contributed by atoms with Crippen LogP contribution in [-0.2, 0) is 9.59 Å². The molecule has 4 nitrogen and oxygen atoms in total. The van der Waals surface area contributed by atoms with Crippen LogP contribution in [0.15, 0.2) is 0 Å². The second-order valence-corrected chi connectivity index (χ2v) is 8.56. The molecular weight excluding hydrogens is 316 g/mol. The fraction of sp³-hybridized carbons (Fsp3) is 0.875. The Labute approximate surface area is 143 Å². The topological polar surface area (TPSA) is 49.4 Å². The van der Waals surface area contributed by atoms with Crippen LogP contribution in [0.1, 0.15) is 39.5 Å². The summed E-state index contributed by atoms with van der Waals surface area (Å²) in [5.74, 6) is 0.933.